The number of aliphatic hydroxyl groups excluding tert-OH is 5. The molecule has 16 amide bonds. The van der Waals surface area contributed by atoms with Gasteiger partial charge in [-0.1, -0.05) is 122 Å². The largest absolute Gasteiger partial charge is 0.508 e. The number of nitrogens with one attached hydrogen (secondary N) is 14. The highest BCUT2D eigenvalue weighted by atomic mass is 16.4. The van der Waals surface area contributed by atoms with Crippen molar-refractivity contribution in [3.8, 4) is 11.5 Å². The van der Waals surface area contributed by atoms with Crippen LogP contribution in [-0.2, 0) is 94.3 Å². The predicted octanol–water partition coefficient (Wildman–Crippen LogP) is -3.12. The lowest BCUT2D eigenvalue weighted by Crippen LogP contribution is -2.62. The van der Waals surface area contributed by atoms with Crippen molar-refractivity contribution in [2.45, 2.75) is 313 Å². The summed E-state index contributed by atoms with van der Waals surface area (Å²) < 4.78 is 0. The number of benzene rings is 2. The monoisotopic (exact) mass is 1810 g/mol. The highest BCUT2D eigenvalue weighted by Gasteiger charge is 2.42. The lowest BCUT2D eigenvalue weighted by atomic mass is 10.0. The zero-order chi connectivity index (χ0) is 95.5. The summed E-state index contributed by atoms with van der Waals surface area (Å²) in [5.41, 5.74) is 11.9. The van der Waals surface area contributed by atoms with Crippen molar-refractivity contribution in [3.05, 3.63) is 59.7 Å². The summed E-state index contributed by atoms with van der Waals surface area (Å²) in [6.45, 7) is 6.56. The molecule has 0 bridgehead atoms. The van der Waals surface area contributed by atoms with E-state index in [1.165, 1.54) is 106 Å². The summed E-state index contributed by atoms with van der Waals surface area (Å²) in [6, 6.07) is -9.28. The van der Waals surface area contributed by atoms with Crippen LogP contribution in [0.15, 0.2) is 48.5 Å². The molecule has 15 atom stereocenters. The maximum atomic E-state index is 14.7. The Kier molecular flexibility index (Phi) is 52.5. The molecule has 2 aromatic carbocycles. The molecule has 26 N–H and O–H groups in total. The summed E-state index contributed by atoms with van der Waals surface area (Å²) >= 11 is 0. The maximum absolute atomic E-state index is 14.7. The van der Waals surface area contributed by atoms with E-state index in [0.717, 1.165) is 58.3 Å². The molecule has 42 nitrogen and oxygen atoms in total. The van der Waals surface area contributed by atoms with Gasteiger partial charge < -0.3 is 132 Å². The first kappa shape index (κ1) is 111. The van der Waals surface area contributed by atoms with Gasteiger partial charge in [0.25, 0.3) is 0 Å². The molecule has 0 radical (unpaired) electrons. The molecule has 3 rings (SSSR count). The molecule has 718 valence electrons. The second kappa shape index (κ2) is 60.5. The fourth-order valence-electron chi connectivity index (χ4n) is 14.0. The molecule has 42 heteroatoms. The quantitative estimate of drug-likeness (QED) is 0.0291. The third kappa shape index (κ3) is 43.1. The molecule has 1 saturated heterocycles. The highest BCUT2D eigenvalue weighted by molar-refractivity contribution is 6.00. The number of aliphatic hydroxyl groups is 5. The summed E-state index contributed by atoms with van der Waals surface area (Å²) in [4.78, 5) is 231. The molecule has 0 unspecified atom stereocenters. The van der Waals surface area contributed by atoms with Gasteiger partial charge in [0, 0.05) is 45.7 Å². The van der Waals surface area contributed by atoms with Crippen LogP contribution in [-0.4, -0.2) is 283 Å². The van der Waals surface area contributed by atoms with E-state index in [1.54, 1.807) is 13.8 Å². The summed E-state index contributed by atoms with van der Waals surface area (Å²) in [5.74, 6) is -17.7. The number of primary amides is 1. The Hall–Kier alpha value is -11.2. The normalized spacial score (nSPS) is 15.7. The number of hydrogen-bond donors (Lipinski definition) is 24. The van der Waals surface area contributed by atoms with E-state index in [9.17, 15) is 122 Å². The Labute approximate surface area is 746 Å². The number of phenolic OH excluding ortho intramolecular Hbond substituents is 2. The van der Waals surface area contributed by atoms with Crippen LogP contribution in [0.25, 0.3) is 0 Å². The van der Waals surface area contributed by atoms with Gasteiger partial charge in [-0.2, -0.15) is 0 Å². The number of carboxylic acids is 1. The zero-order valence-electron chi connectivity index (χ0n) is 74.5. The third-order valence-corrected chi connectivity index (χ3v) is 21.2. The molecule has 0 aliphatic carbocycles. The van der Waals surface area contributed by atoms with Crippen LogP contribution in [0.5, 0.6) is 11.5 Å². The topological polar surface area (TPSA) is 676 Å². The number of carboxylic acid groups (broad SMARTS) is 1. The minimum absolute atomic E-state index is 0.0186. The molecule has 128 heavy (non-hydrogen) atoms. The molecule has 2 aromatic rings. The van der Waals surface area contributed by atoms with Gasteiger partial charge in [-0.3, -0.25) is 76.7 Å². The average Bonchev–Trinajstić information content (AvgIpc) is 1.69. The molecule has 1 heterocycles. The molecule has 0 saturated carbocycles. The summed E-state index contributed by atoms with van der Waals surface area (Å²) in [7, 11) is 0. The molecule has 1 fully saturated rings. The zero-order valence-corrected chi connectivity index (χ0v) is 74.5. The van der Waals surface area contributed by atoms with E-state index in [2.05, 4.69) is 81.4 Å². The van der Waals surface area contributed by atoms with E-state index in [-0.39, 0.29) is 101 Å². The number of hydrogen-bond acceptors (Lipinski definition) is 25. The summed E-state index contributed by atoms with van der Waals surface area (Å²) in [5, 5.41) is 117. The number of phenols is 2. The standard InChI is InChI=1S/C86H139N17O25/c1-8-9-10-11-12-13-14-15-16-17-18-19-20-29-69(113)89-41-24-22-27-61(86(127)128)94-79(120)63(44-55-30-34-57(110)35-31-55)95-80(121)66(49-105)99-83(124)73(52(5)107)101-76(117)59(26-21-23-40-87)92-70(114)47-91-75(116)65(48-104)98-77(118)62(43-50(2)3)96-81(122)67-28-25-42-103(67)85(126)60(38-39-68(88)112)93-78(119)64(45-56-32-36-58(111)37-33-56)97-82(123)74(53(6)108)102-84(125)72(51(4)106)100-71(115)46-90-54(7)109/h30-37,50-53,59-67,72-74,104-108,110-111H,8-29,38-49,87H2,1-7H3,(H2,88,112)(H,89,113)(H,90,109)(H,91,116)(H,92,114)(H,93,119)(H,94,120)(H,95,121)(H,96,122)(H,97,123)(H,98,118)(H,99,124)(H,100,115)(H,101,117)(H,102,125)(H,127,128)/t51-,52-,53-,59+,60+,61+,62+,63+,64+,65+,66+,67+,72+,73+,74+/m1/s1. The number of unbranched alkanes of at least 4 members (excludes halogenated alkanes) is 14. The number of nitrogens with two attached hydrogens (primary N) is 2. The first-order valence-electron chi connectivity index (χ1n) is 44.2. The predicted molar refractivity (Wildman–Crippen MR) is 466 cm³/mol. The fourth-order valence-corrected chi connectivity index (χ4v) is 14.0. The number of carbonyl (C=O) groups excluding carboxylic acids is 16. The second-order valence-electron chi connectivity index (χ2n) is 32.8. The van der Waals surface area contributed by atoms with Crippen molar-refractivity contribution < 1.29 is 122 Å². The van der Waals surface area contributed by atoms with E-state index in [1.807, 2.05) is 0 Å². The van der Waals surface area contributed by atoms with E-state index < -0.39 is 225 Å². The van der Waals surface area contributed by atoms with Crippen LogP contribution < -0.4 is 85.9 Å². The third-order valence-electron chi connectivity index (χ3n) is 21.2. The SMILES string of the molecule is CCCCCCCCCCCCCCCC(=O)NCCCC[C@H](NC(=O)[C@H](Cc1ccc(O)cc1)NC(=O)[C@H](CO)NC(=O)[C@@H](NC(=O)[C@H](CCCCN)NC(=O)CNC(=O)[C@H](CO)NC(=O)[C@H](CC(C)C)NC(=O)[C@@H]1CCCN1C(=O)[C@H](CCC(N)=O)NC(=O)[C@H](Cc1ccc(O)cc1)NC(=O)[C@@H](NC(=O)[C@@H](NC(=O)CNC(C)=O)[C@@H](C)O)[C@@H](C)O)[C@@H](C)O)C(=O)O. The maximum Gasteiger partial charge on any atom is 0.326 e. The van der Waals surface area contributed by atoms with Gasteiger partial charge in [-0.15, -0.1) is 0 Å². The second-order valence-corrected chi connectivity index (χ2v) is 32.8. The number of nitrogens with zero attached hydrogens (tertiary/aromatic N) is 1. The van der Waals surface area contributed by atoms with E-state index in [0.29, 0.717) is 30.4 Å². The van der Waals surface area contributed by atoms with Crippen LogP contribution in [0.4, 0.5) is 0 Å². The average molecular weight is 1810 g/mol. The number of amides is 16. The molecular weight excluding hydrogens is 1670 g/mol. The lowest BCUT2D eigenvalue weighted by Gasteiger charge is -2.31. The molecule has 0 aromatic heterocycles. The minimum Gasteiger partial charge on any atom is -0.508 e. The Morgan fingerprint density at radius 1 is 0.422 bits per heavy atom. The van der Waals surface area contributed by atoms with Crippen LogP contribution >= 0.6 is 0 Å². The van der Waals surface area contributed by atoms with Crippen molar-refractivity contribution in [3.63, 3.8) is 0 Å². The van der Waals surface area contributed by atoms with Gasteiger partial charge in [0.15, 0.2) is 0 Å². The molecular formula is C86H139N17O25. The van der Waals surface area contributed by atoms with Gasteiger partial charge >= 0.3 is 5.97 Å². The molecule has 1 aliphatic rings. The fraction of sp³-hybridized carbons (Fsp3) is 0.663. The van der Waals surface area contributed by atoms with Crippen LogP contribution in [0, 0.1) is 5.92 Å². The van der Waals surface area contributed by atoms with Crippen molar-refractivity contribution >= 4 is 100 Å². The van der Waals surface area contributed by atoms with E-state index in [4.69, 9.17) is 11.5 Å². The molecule has 0 spiro atoms. The van der Waals surface area contributed by atoms with Crippen molar-refractivity contribution in [1.29, 1.82) is 0 Å². The van der Waals surface area contributed by atoms with Gasteiger partial charge in [0.1, 0.15) is 84.0 Å². The van der Waals surface area contributed by atoms with Crippen molar-refractivity contribution in [1.82, 2.24) is 79.3 Å². The van der Waals surface area contributed by atoms with Crippen LogP contribution in [0.1, 0.15) is 220 Å². The van der Waals surface area contributed by atoms with Crippen LogP contribution in [0.3, 0.4) is 0 Å². The van der Waals surface area contributed by atoms with Gasteiger partial charge in [-0.25, -0.2) is 4.79 Å². The first-order chi connectivity index (χ1) is 60.7. The van der Waals surface area contributed by atoms with Crippen LogP contribution in [0.2, 0.25) is 0 Å². The number of aliphatic carboxylic acids is 1. The minimum atomic E-state index is -1.92. The number of aromatic hydroxyl groups is 2. The lowest BCUT2D eigenvalue weighted by molar-refractivity contribution is -0.143. The van der Waals surface area contributed by atoms with Gasteiger partial charge in [0.2, 0.25) is 94.5 Å². The molecule has 1 aliphatic heterocycles. The van der Waals surface area contributed by atoms with Crippen molar-refractivity contribution in [2.24, 2.45) is 17.4 Å². The Bertz CT molecular complexity index is 3890. The number of likely N-dealkylation sites (tertiary alicyclic amines) is 1. The Morgan fingerprint density at radius 2 is 0.836 bits per heavy atom. The highest BCUT2D eigenvalue weighted by Crippen LogP contribution is 2.23. The summed E-state index contributed by atoms with van der Waals surface area (Å²) in [6.07, 6.45) is 9.74. The number of rotatable bonds is 64. The first-order valence-corrected chi connectivity index (χ1v) is 44.2. The van der Waals surface area contributed by atoms with Gasteiger partial charge in [-0.05, 0) is 139 Å². The van der Waals surface area contributed by atoms with E-state index >= 15 is 0 Å². The Morgan fingerprint density at radius 3 is 1.33 bits per heavy atom. The van der Waals surface area contributed by atoms with Gasteiger partial charge in [0.05, 0.1) is 44.6 Å². The van der Waals surface area contributed by atoms with Crippen molar-refractivity contribution in [2.75, 3.05) is 45.9 Å². The smallest absolute Gasteiger partial charge is 0.326 e. The number of carbonyl (C=O) groups is 17. The Balaban J connectivity index is 1.72.